The Balaban J connectivity index is 1.66. The Labute approximate surface area is 207 Å². The van der Waals surface area contributed by atoms with Crippen molar-refractivity contribution in [2.45, 2.75) is 31.7 Å². The molecule has 0 aliphatic carbocycles. The summed E-state index contributed by atoms with van der Waals surface area (Å²) in [6.07, 6.45) is -1.59. The molecule has 1 fully saturated rings. The number of carbonyl (C=O) groups is 2. The number of carbonyl (C=O) groups excluding carboxylic acids is 2. The van der Waals surface area contributed by atoms with Gasteiger partial charge in [-0.3, -0.25) is 9.59 Å². The average molecular weight is 533 g/mol. The van der Waals surface area contributed by atoms with Crippen molar-refractivity contribution in [2.75, 3.05) is 13.7 Å². The van der Waals surface area contributed by atoms with Crippen molar-refractivity contribution in [3.63, 3.8) is 0 Å². The minimum absolute atomic E-state index is 0.0572. The van der Waals surface area contributed by atoms with Crippen molar-refractivity contribution in [2.24, 2.45) is 10.9 Å². The van der Waals surface area contributed by atoms with Gasteiger partial charge in [0.2, 0.25) is 5.91 Å². The zero-order valence-corrected chi connectivity index (χ0v) is 19.4. The molecule has 0 aromatic heterocycles. The highest BCUT2D eigenvalue weighted by molar-refractivity contribution is 6.30. The van der Waals surface area contributed by atoms with Crippen molar-refractivity contribution in [3.05, 3.63) is 63.7 Å². The monoisotopic (exact) mass is 532 g/mol. The third-order valence-corrected chi connectivity index (χ3v) is 5.56. The molecule has 2 aromatic rings. The first-order valence-corrected chi connectivity index (χ1v) is 10.8. The lowest BCUT2D eigenvalue weighted by molar-refractivity contribution is -0.154. The van der Waals surface area contributed by atoms with E-state index >= 15 is 0 Å². The summed E-state index contributed by atoms with van der Waals surface area (Å²) in [5.74, 6) is -4.18. The number of benzene rings is 2. The van der Waals surface area contributed by atoms with E-state index in [1.54, 1.807) is 0 Å². The van der Waals surface area contributed by atoms with Crippen molar-refractivity contribution < 1.29 is 41.8 Å². The van der Waals surface area contributed by atoms with Gasteiger partial charge in [0.1, 0.15) is 30.5 Å². The second-order valence-electron chi connectivity index (χ2n) is 7.63. The molecule has 1 aliphatic heterocycles. The van der Waals surface area contributed by atoms with Crippen LogP contribution in [0, 0.1) is 11.6 Å². The molecule has 0 saturated carbocycles. The van der Waals surface area contributed by atoms with Gasteiger partial charge in [-0.05, 0) is 42.3 Å². The molecule has 0 radical (unpaired) electrons. The lowest BCUT2D eigenvalue weighted by Gasteiger charge is -2.40. The molecule has 0 bridgehead atoms. The second kappa shape index (κ2) is 11.4. The highest BCUT2D eigenvalue weighted by Crippen LogP contribution is 2.30. The number of halogens is 5. The van der Waals surface area contributed by atoms with E-state index in [9.17, 15) is 32.3 Å². The van der Waals surface area contributed by atoms with Crippen LogP contribution >= 0.6 is 11.6 Å². The molecule has 2 atom stereocenters. The Kier molecular flexibility index (Phi) is 8.58. The van der Waals surface area contributed by atoms with Crippen LogP contribution in [0.3, 0.4) is 0 Å². The fourth-order valence-corrected chi connectivity index (χ4v) is 3.73. The molecule has 3 rings (SSSR count). The number of hydrogen-bond acceptors (Lipinski definition) is 6. The quantitative estimate of drug-likeness (QED) is 0.197. The number of rotatable bonds is 9. The molecule has 1 unspecified atom stereocenters. The van der Waals surface area contributed by atoms with E-state index in [1.165, 1.54) is 13.2 Å². The van der Waals surface area contributed by atoms with Gasteiger partial charge in [-0.1, -0.05) is 16.8 Å². The number of hydrogen-bond donors (Lipinski definition) is 3. The predicted octanol–water partition coefficient (Wildman–Crippen LogP) is 2.44. The van der Waals surface area contributed by atoms with Crippen molar-refractivity contribution >= 4 is 29.3 Å². The SMILES string of the molecule is CO/N=C(\N)c1cc(F)c(CNC(=O)[C@@H]2CCN2C(=O)C(O)c2cc(Cl)cc(OC(F)F)c2)c(F)c1. The van der Waals surface area contributed by atoms with Crippen LogP contribution in [0.5, 0.6) is 5.75 Å². The number of oxime groups is 1. The van der Waals surface area contributed by atoms with E-state index in [1.807, 2.05) is 0 Å². The third kappa shape index (κ3) is 6.15. The summed E-state index contributed by atoms with van der Waals surface area (Å²) >= 11 is 5.85. The van der Waals surface area contributed by atoms with Gasteiger partial charge in [0.15, 0.2) is 11.9 Å². The zero-order chi connectivity index (χ0) is 26.6. The summed E-state index contributed by atoms with van der Waals surface area (Å²) in [4.78, 5) is 30.8. The smallest absolute Gasteiger partial charge is 0.387 e. The summed E-state index contributed by atoms with van der Waals surface area (Å²) in [5.41, 5.74) is 4.92. The Morgan fingerprint density at radius 1 is 1.25 bits per heavy atom. The van der Waals surface area contributed by atoms with Gasteiger partial charge in [-0.25, -0.2) is 8.78 Å². The van der Waals surface area contributed by atoms with E-state index < -0.39 is 54.3 Å². The summed E-state index contributed by atoms with van der Waals surface area (Å²) in [6.45, 7) is -3.55. The van der Waals surface area contributed by atoms with E-state index in [0.717, 1.165) is 29.2 Å². The highest BCUT2D eigenvalue weighted by Gasteiger charge is 2.40. The van der Waals surface area contributed by atoms with Crippen LogP contribution in [0.4, 0.5) is 17.6 Å². The molecule has 9 nitrogen and oxygen atoms in total. The fourth-order valence-electron chi connectivity index (χ4n) is 3.50. The van der Waals surface area contributed by atoms with Crippen LogP contribution in [-0.4, -0.2) is 54.0 Å². The molecule has 2 aromatic carbocycles. The minimum Gasteiger partial charge on any atom is -0.435 e. The maximum atomic E-state index is 14.4. The molecule has 194 valence electrons. The zero-order valence-electron chi connectivity index (χ0n) is 18.7. The van der Waals surface area contributed by atoms with Crippen molar-refractivity contribution in [3.8, 4) is 5.75 Å². The molecular formula is C22H21ClF4N4O5. The second-order valence-corrected chi connectivity index (χ2v) is 8.07. The lowest BCUT2D eigenvalue weighted by atomic mass is 9.98. The lowest BCUT2D eigenvalue weighted by Crippen LogP contribution is -2.59. The number of ether oxygens (including phenoxy) is 1. The van der Waals surface area contributed by atoms with Crippen molar-refractivity contribution in [1.29, 1.82) is 0 Å². The predicted molar refractivity (Wildman–Crippen MR) is 119 cm³/mol. The standard InChI is InChI=1S/C22H21ClF4N4O5/c1-35-30-19(28)11-6-15(24)14(16(25)7-11)9-29-20(33)17-2-3-31(17)21(34)18(32)10-4-12(23)8-13(5-10)36-22(26)27/h4-8,17-18,22,32H,2-3,9H2,1H3,(H2,28,30)(H,29,33)/t17-,18?/m0/s1. The van der Waals surface area contributed by atoms with Crippen LogP contribution in [0.15, 0.2) is 35.5 Å². The van der Waals surface area contributed by atoms with Gasteiger partial charge < -0.3 is 30.6 Å². The van der Waals surface area contributed by atoms with E-state index in [-0.39, 0.29) is 40.7 Å². The average Bonchev–Trinajstić information content (AvgIpc) is 2.76. The van der Waals surface area contributed by atoms with Gasteiger partial charge >= 0.3 is 6.61 Å². The van der Waals surface area contributed by atoms with E-state index in [4.69, 9.17) is 17.3 Å². The van der Waals surface area contributed by atoms with E-state index in [0.29, 0.717) is 0 Å². The first-order chi connectivity index (χ1) is 17.0. The van der Waals surface area contributed by atoms with Crippen LogP contribution in [0.2, 0.25) is 5.02 Å². The number of likely N-dealkylation sites (tertiary alicyclic amines) is 1. The normalized spacial score (nSPS) is 16.4. The van der Waals surface area contributed by atoms with Crippen molar-refractivity contribution in [1.82, 2.24) is 10.2 Å². The first kappa shape index (κ1) is 27.0. The topological polar surface area (TPSA) is 126 Å². The molecule has 1 saturated heterocycles. The number of nitrogens with two attached hydrogens (primary N) is 1. The molecule has 2 amide bonds. The fraction of sp³-hybridized carbons (Fsp3) is 0.318. The molecule has 4 N–H and O–H groups in total. The number of amidine groups is 1. The largest absolute Gasteiger partial charge is 0.435 e. The number of aliphatic hydroxyl groups excluding tert-OH is 1. The maximum absolute atomic E-state index is 14.4. The number of nitrogens with one attached hydrogen (secondary N) is 1. The van der Waals surface area contributed by atoms with Gasteiger partial charge in [0.25, 0.3) is 5.91 Å². The third-order valence-electron chi connectivity index (χ3n) is 5.34. The Morgan fingerprint density at radius 2 is 1.92 bits per heavy atom. The Bertz CT molecular complexity index is 1160. The Morgan fingerprint density at radius 3 is 2.47 bits per heavy atom. The molecule has 1 heterocycles. The summed E-state index contributed by atoms with van der Waals surface area (Å²) in [6, 6.07) is 4.13. The minimum atomic E-state index is -3.14. The van der Waals surface area contributed by atoms with Gasteiger partial charge in [-0.2, -0.15) is 8.78 Å². The molecule has 14 heteroatoms. The molecule has 1 aliphatic rings. The molecular weight excluding hydrogens is 512 g/mol. The molecule has 0 spiro atoms. The highest BCUT2D eigenvalue weighted by atomic mass is 35.5. The number of aliphatic hydroxyl groups is 1. The van der Waals surface area contributed by atoms with Crippen LogP contribution in [-0.2, 0) is 21.0 Å². The first-order valence-electron chi connectivity index (χ1n) is 10.4. The van der Waals surface area contributed by atoms with Crippen LogP contribution in [0.1, 0.15) is 29.2 Å². The molecule has 36 heavy (non-hydrogen) atoms. The van der Waals surface area contributed by atoms with Crippen LogP contribution in [0.25, 0.3) is 0 Å². The van der Waals surface area contributed by atoms with Crippen LogP contribution < -0.4 is 15.8 Å². The van der Waals surface area contributed by atoms with E-state index in [2.05, 4.69) is 20.0 Å². The van der Waals surface area contributed by atoms with Gasteiger partial charge in [0, 0.05) is 29.2 Å². The van der Waals surface area contributed by atoms with Gasteiger partial charge in [0.05, 0.1) is 0 Å². The Hall–Kier alpha value is -3.58. The number of amides is 2. The number of alkyl halides is 2. The maximum Gasteiger partial charge on any atom is 0.387 e. The van der Waals surface area contributed by atoms with Gasteiger partial charge in [-0.15, -0.1) is 0 Å². The number of nitrogens with zero attached hydrogens (tertiary/aromatic N) is 2. The summed E-state index contributed by atoms with van der Waals surface area (Å²) in [7, 11) is 1.21. The summed E-state index contributed by atoms with van der Waals surface area (Å²) in [5, 5.41) is 16.1. The summed E-state index contributed by atoms with van der Waals surface area (Å²) < 4.78 is 58.0.